The molecule has 79 heavy (non-hydrogen) atoms. The van der Waals surface area contributed by atoms with Crippen LogP contribution in [0.5, 0.6) is 0 Å². The lowest BCUT2D eigenvalue weighted by Gasteiger charge is -2.39. The van der Waals surface area contributed by atoms with Gasteiger partial charge < -0.3 is 50.3 Å². The molecular formula is C60H92N8O11. The van der Waals surface area contributed by atoms with Crippen LogP contribution in [-0.4, -0.2) is 178 Å². The zero-order valence-electron chi connectivity index (χ0n) is 49.8. The smallest absolute Gasteiger partial charge is 0.332 e. The minimum Gasteiger partial charge on any atom is -0.450 e. The molecule has 2 saturated heterocycles. The van der Waals surface area contributed by atoms with Crippen LogP contribution < -0.4 is 16.0 Å². The molecule has 1 unspecified atom stereocenters. The molecule has 2 aliphatic heterocycles. The minimum absolute atomic E-state index is 0.00676. The van der Waals surface area contributed by atoms with Crippen molar-refractivity contribution in [3.8, 4) is 0 Å². The standard InChI is InChI=1S/C60H92N8O11/c1-17-38(9)46-57(75)65(14)47(36(5)6)52(70)61-42(32-35(3)4)55(73)67(16)50(60(11,12)78)59(77)79-49(39(10)18-2)58(76)66(15)48(37(7)8)53(71)62-43(33-40-26-21-19-22-27-40)54(72)64(13)45(34-41-28-23-20-24-29-41)56(74)68-31-25-30-44(68)51(69)63-46/h19-24,26-29,35-39,42-50,78H,17-18,25,30-34H2,1-16H3,(H,61,70)(H,62,71)(H,63,69)/t38-,39-,42?,43+,44-,45+,46-,47-,48+,49-,50-/m0/s1. The van der Waals surface area contributed by atoms with E-state index in [1.807, 2.05) is 57.2 Å². The number of benzene rings is 2. The second-order valence-electron chi connectivity index (χ2n) is 23.7. The number of nitrogens with one attached hydrogen (secondary N) is 3. The Morgan fingerprint density at radius 3 is 1.54 bits per heavy atom. The number of cyclic esters (lactones) is 1. The Labute approximate surface area is 469 Å². The first-order valence-corrected chi connectivity index (χ1v) is 28.3. The SMILES string of the molecule is CC[C@H](C)[C@@H]1NC(=O)[C@@H]2CCCN2C(=O)[C@@H](Cc2ccccc2)N(C)C(=O)[C@@H](Cc2ccccc2)NC(=O)[C@@H](C(C)C)N(C)C(=O)[C@H]([C@@H](C)CC)OC(=O)[C@@H](C(C)(C)O)N(C)C(=O)C(CC(C)C)NC(=O)[C@H](C(C)C)N(C)C1=O. The molecule has 2 aliphatic rings. The molecule has 8 amide bonds. The Morgan fingerprint density at radius 1 is 0.582 bits per heavy atom. The van der Waals surface area contributed by atoms with Crippen molar-refractivity contribution in [2.75, 3.05) is 34.7 Å². The third-order valence-electron chi connectivity index (χ3n) is 15.8. The highest BCUT2D eigenvalue weighted by Crippen LogP contribution is 2.27. The van der Waals surface area contributed by atoms with E-state index in [0.717, 1.165) is 10.5 Å². The highest BCUT2D eigenvalue weighted by molar-refractivity contribution is 5.99. The number of likely N-dealkylation sites (N-methyl/N-ethyl adjacent to an activating group) is 4. The van der Waals surface area contributed by atoms with E-state index in [0.29, 0.717) is 24.8 Å². The van der Waals surface area contributed by atoms with Gasteiger partial charge >= 0.3 is 5.97 Å². The number of carbonyl (C=O) groups is 9. The number of nitrogens with zero attached hydrogens (tertiary/aromatic N) is 5. The number of aliphatic hydroxyl groups is 1. The first kappa shape index (κ1) is 65.2. The van der Waals surface area contributed by atoms with Gasteiger partial charge in [-0.1, -0.05) is 136 Å². The van der Waals surface area contributed by atoms with Crippen molar-refractivity contribution in [1.82, 2.24) is 40.4 Å². The van der Waals surface area contributed by atoms with Crippen molar-refractivity contribution in [3.05, 3.63) is 71.8 Å². The fourth-order valence-electron chi connectivity index (χ4n) is 11.0. The van der Waals surface area contributed by atoms with Crippen LogP contribution in [0.15, 0.2) is 60.7 Å². The molecule has 4 N–H and O–H groups in total. The lowest BCUT2D eigenvalue weighted by molar-refractivity contribution is -0.177. The van der Waals surface area contributed by atoms with E-state index in [4.69, 9.17) is 4.74 Å². The minimum atomic E-state index is -1.97. The first-order chi connectivity index (χ1) is 37.0. The van der Waals surface area contributed by atoms with Gasteiger partial charge in [0, 0.05) is 53.5 Å². The Hall–Kier alpha value is -6.37. The molecule has 0 radical (unpaired) electrons. The maximum absolute atomic E-state index is 15.3. The fourth-order valence-corrected chi connectivity index (χ4v) is 11.0. The Morgan fingerprint density at radius 2 is 1.06 bits per heavy atom. The summed E-state index contributed by atoms with van der Waals surface area (Å²) in [5, 5.41) is 20.5. The van der Waals surface area contributed by atoms with Gasteiger partial charge in [0.2, 0.25) is 41.4 Å². The maximum atomic E-state index is 15.3. The van der Waals surface area contributed by atoms with Crippen LogP contribution in [0.4, 0.5) is 0 Å². The summed E-state index contributed by atoms with van der Waals surface area (Å²) in [5.41, 5.74) is -0.551. The van der Waals surface area contributed by atoms with Gasteiger partial charge in [0.15, 0.2) is 12.1 Å². The second-order valence-corrected chi connectivity index (χ2v) is 23.7. The maximum Gasteiger partial charge on any atom is 0.332 e. The van der Waals surface area contributed by atoms with E-state index < -0.39 is 137 Å². The molecule has 4 rings (SSSR count). The molecule has 19 nitrogen and oxygen atoms in total. The van der Waals surface area contributed by atoms with Crippen LogP contribution in [-0.2, 0) is 60.7 Å². The molecule has 2 aromatic carbocycles. The van der Waals surface area contributed by atoms with E-state index in [2.05, 4.69) is 16.0 Å². The van der Waals surface area contributed by atoms with E-state index in [-0.39, 0.29) is 38.1 Å². The largest absolute Gasteiger partial charge is 0.450 e. The summed E-state index contributed by atoms with van der Waals surface area (Å²) in [7, 11) is 5.67. The van der Waals surface area contributed by atoms with Crippen molar-refractivity contribution in [2.24, 2.45) is 29.6 Å². The third kappa shape index (κ3) is 16.4. The van der Waals surface area contributed by atoms with Crippen LogP contribution in [0, 0.1) is 29.6 Å². The number of ether oxygens (including phenoxy) is 1. The van der Waals surface area contributed by atoms with E-state index in [9.17, 15) is 38.7 Å². The topological polar surface area (TPSA) is 235 Å². The monoisotopic (exact) mass is 1100 g/mol. The van der Waals surface area contributed by atoms with Gasteiger partial charge in [0.1, 0.15) is 42.3 Å². The number of carbonyl (C=O) groups excluding carboxylic acids is 9. The highest BCUT2D eigenvalue weighted by Gasteiger charge is 2.48. The number of amides is 8. The van der Waals surface area contributed by atoms with Gasteiger partial charge in [-0.2, -0.15) is 0 Å². The predicted molar refractivity (Wildman–Crippen MR) is 301 cm³/mol. The van der Waals surface area contributed by atoms with Gasteiger partial charge in [-0.15, -0.1) is 0 Å². The molecule has 0 aromatic heterocycles. The molecule has 19 heteroatoms. The Balaban J connectivity index is 1.98. The molecule has 0 saturated carbocycles. The zero-order chi connectivity index (χ0) is 59.4. The van der Waals surface area contributed by atoms with Gasteiger partial charge in [-0.25, -0.2) is 4.79 Å². The average Bonchev–Trinajstić information content (AvgIpc) is 3.89. The molecule has 0 spiro atoms. The number of hydrogen-bond donors (Lipinski definition) is 4. The fraction of sp³-hybridized carbons (Fsp3) is 0.650. The van der Waals surface area contributed by atoms with Crippen molar-refractivity contribution in [3.63, 3.8) is 0 Å². The summed E-state index contributed by atoms with van der Waals surface area (Å²) in [5.74, 6) is -8.65. The highest BCUT2D eigenvalue weighted by atomic mass is 16.6. The lowest BCUT2D eigenvalue weighted by atomic mass is 9.93. The van der Waals surface area contributed by atoms with E-state index >= 15 is 9.59 Å². The summed E-state index contributed by atoms with van der Waals surface area (Å²) >= 11 is 0. The van der Waals surface area contributed by atoms with Crippen LogP contribution in [0.25, 0.3) is 0 Å². The molecule has 11 atom stereocenters. The van der Waals surface area contributed by atoms with Crippen molar-refractivity contribution < 1.29 is 53.0 Å². The number of rotatable bonds is 13. The molecule has 0 bridgehead atoms. The van der Waals surface area contributed by atoms with E-state index in [1.165, 1.54) is 61.6 Å². The van der Waals surface area contributed by atoms with Crippen molar-refractivity contribution in [2.45, 2.75) is 188 Å². The van der Waals surface area contributed by atoms with E-state index in [1.54, 1.807) is 72.7 Å². The predicted octanol–water partition coefficient (Wildman–Crippen LogP) is 4.37. The molecule has 2 heterocycles. The number of hydrogen-bond acceptors (Lipinski definition) is 11. The van der Waals surface area contributed by atoms with Gasteiger partial charge in [0.25, 0.3) is 5.91 Å². The average molecular weight is 1100 g/mol. The molecule has 438 valence electrons. The van der Waals surface area contributed by atoms with Crippen molar-refractivity contribution in [1.29, 1.82) is 0 Å². The van der Waals surface area contributed by atoms with Crippen molar-refractivity contribution >= 4 is 53.2 Å². The van der Waals surface area contributed by atoms with Crippen LogP contribution >= 0.6 is 0 Å². The summed E-state index contributed by atoms with van der Waals surface area (Å²) in [4.78, 5) is 140. The van der Waals surface area contributed by atoms with Crippen LogP contribution in [0.1, 0.15) is 126 Å². The number of esters is 1. The second kappa shape index (κ2) is 28.7. The van der Waals surface area contributed by atoms with Gasteiger partial charge in [-0.3, -0.25) is 38.4 Å². The number of fused-ring (bicyclic) bond motifs is 1. The summed E-state index contributed by atoms with van der Waals surface area (Å²) in [6.07, 6.45) is 0.101. The third-order valence-corrected chi connectivity index (χ3v) is 15.8. The molecular weight excluding hydrogens is 1010 g/mol. The Bertz CT molecular complexity index is 2430. The van der Waals surface area contributed by atoms with Gasteiger partial charge in [-0.05, 0) is 74.3 Å². The summed E-state index contributed by atoms with van der Waals surface area (Å²) in [6.45, 7) is 20.6. The molecule has 0 aliphatic carbocycles. The van der Waals surface area contributed by atoms with Gasteiger partial charge in [0.05, 0.1) is 5.60 Å². The lowest BCUT2D eigenvalue weighted by Crippen LogP contribution is -2.63. The van der Waals surface area contributed by atoms with Crippen LogP contribution in [0.2, 0.25) is 0 Å². The zero-order valence-corrected chi connectivity index (χ0v) is 49.8. The van der Waals surface area contributed by atoms with Crippen LogP contribution in [0.3, 0.4) is 0 Å². The Kier molecular flexibility index (Phi) is 23.6. The summed E-state index contributed by atoms with van der Waals surface area (Å²) < 4.78 is 6.09. The first-order valence-electron chi connectivity index (χ1n) is 28.3. The quantitative estimate of drug-likeness (QED) is 0.206. The molecule has 2 fully saturated rings. The summed E-state index contributed by atoms with van der Waals surface area (Å²) in [6, 6.07) is 8.11. The molecule has 2 aromatic rings. The normalized spacial score (nSPS) is 26.5.